The fraction of sp³-hybridized carbons (Fsp3) is 0.381. The number of nitrogens with one attached hydrogen (secondary N) is 1. The molecule has 154 valence electrons. The molecule has 29 heavy (non-hydrogen) atoms. The van der Waals surface area contributed by atoms with Gasteiger partial charge in [-0.15, -0.1) is 0 Å². The summed E-state index contributed by atoms with van der Waals surface area (Å²) in [6, 6.07) is 8.56. The van der Waals surface area contributed by atoms with Crippen molar-refractivity contribution >= 4 is 11.6 Å². The molecule has 1 amide bonds. The molecular weight excluding hydrogens is 376 g/mol. The summed E-state index contributed by atoms with van der Waals surface area (Å²) in [5.74, 6) is 0.666. The minimum Gasteiger partial charge on any atom is -0.493 e. The monoisotopic (exact) mass is 400 g/mol. The molecule has 0 saturated heterocycles. The summed E-state index contributed by atoms with van der Waals surface area (Å²) in [6.07, 6.45) is 3.34. The summed E-state index contributed by atoms with van der Waals surface area (Å²) < 4.78 is 16.2. The van der Waals surface area contributed by atoms with E-state index < -0.39 is 10.8 Å². The molecule has 8 heteroatoms. The van der Waals surface area contributed by atoms with Crippen LogP contribution in [0.15, 0.2) is 30.3 Å². The molecule has 2 aromatic carbocycles. The van der Waals surface area contributed by atoms with Gasteiger partial charge in [-0.25, -0.2) is 0 Å². The number of carbonyl (C=O) groups excluding carboxylic acids is 1. The Balaban J connectivity index is 1.63. The van der Waals surface area contributed by atoms with E-state index in [1.165, 1.54) is 36.8 Å². The third-order valence-corrected chi connectivity index (χ3v) is 4.75. The lowest BCUT2D eigenvalue weighted by Crippen LogP contribution is -2.28. The van der Waals surface area contributed by atoms with E-state index in [2.05, 4.69) is 11.4 Å². The maximum Gasteiger partial charge on any atom is 0.286 e. The van der Waals surface area contributed by atoms with Gasteiger partial charge < -0.3 is 19.5 Å². The van der Waals surface area contributed by atoms with Crippen LogP contribution in [0.1, 0.15) is 34.8 Å². The van der Waals surface area contributed by atoms with Crippen LogP contribution in [0.5, 0.6) is 17.2 Å². The van der Waals surface area contributed by atoms with Gasteiger partial charge in [-0.1, -0.05) is 6.07 Å². The Morgan fingerprint density at radius 3 is 2.66 bits per heavy atom. The van der Waals surface area contributed by atoms with Gasteiger partial charge in [0.05, 0.1) is 31.3 Å². The Hall–Kier alpha value is -3.29. The number of hydrogen-bond acceptors (Lipinski definition) is 6. The topological polar surface area (TPSA) is 99.9 Å². The van der Waals surface area contributed by atoms with Crippen molar-refractivity contribution in [3.05, 3.63) is 57.1 Å². The number of methoxy groups -OCH3 is 1. The zero-order valence-electron chi connectivity index (χ0n) is 16.5. The van der Waals surface area contributed by atoms with E-state index in [0.29, 0.717) is 6.61 Å². The lowest BCUT2D eigenvalue weighted by atomic mass is 10.1. The van der Waals surface area contributed by atoms with Crippen LogP contribution in [-0.2, 0) is 12.8 Å². The Morgan fingerprint density at radius 1 is 1.14 bits per heavy atom. The highest BCUT2D eigenvalue weighted by atomic mass is 16.6. The average Bonchev–Trinajstić information content (AvgIpc) is 3.18. The minimum atomic E-state index is -0.613. The van der Waals surface area contributed by atoms with Crippen molar-refractivity contribution in [1.29, 1.82) is 0 Å². The van der Waals surface area contributed by atoms with Gasteiger partial charge in [0.15, 0.2) is 11.5 Å². The summed E-state index contributed by atoms with van der Waals surface area (Å²) >= 11 is 0. The standard InChI is InChI=1S/C21H24N2O6/c1-3-28-20-13-18(23(25)26)17(12-19(20)27-2)21(24)22-9-10-29-16-8-7-14-5-4-6-15(14)11-16/h7-8,11-13H,3-6,9-10H2,1-2H3,(H,22,24). The van der Waals surface area contributed by atoms with Crippen molar-refractivity contribution in [2.75, 3.05) is 26.9 Å². The average molecular weight is 400 g/mol. The first-order valence-electron chi connectivity index (χ1n) is 9.55. The third-order valence-electron chi connectivity index (χ3n) is 4.75. The van der Waals surface area contributed by atoms with Crippen molar-refractivity contribution in [3.8, 4) is 17.2 Å². The molecule has 0 saturated carbocycles. The zero-order valence-corrected chi connectivity index (χ0v) is 16.5. The number of nitrogens with zero attached hydrogens (tertiary/aromatic N) is 1. The van der Waals surface area contributed by atoms with Gasteiger partial charge in [0, 0.05) is 6.07 Å². The molecule has 8 nitrogen and oxygen atoms in total. The molecule has 0 aromatic heterocycles. The first kappa shape index (κ1) is 20.4. The molecule has 0 spiro atoms. The van der Waals surface area contributed by atoms with Gasteiger partial charge in [0.25, 0.3) is 11.6 Å². The van der Waals surface area contributed by atoms with Crippen LogP contribution in [0.25, 0.3) is 0 Å². The summed E-state index contributed by atoms with van der Waals surface area (Å²) in [7, 11) is 1.41. The molecule has 0 bridgehead atoms. The number of ether oxygens (including phenoxy) is 3. The second-order valence-electron chi connectivity index (χ2n) is 6.60. The molecule has 0 heterocycles. The predicted molar refractivity (Wildman–Crippen MR) is 107 cm³/mol. The van der Waals surface area contributed by atoms with Crippen LogP contribution in [0.2, 0.25) is 0 Å². The highest BCUT2D eigenvalue weighted by Gasteiger charge is 2.24. The number of fused-ring (bicyclic) bond motifs is 1. The number of nitro groups is 1. The van der Waals surface area contributed by atoms with E-state index in [0.717, 1.165) is 18.6 Å². The molecular formula is C21H24N2O6. The van der Waals surface area contributed by atoms with Crippen LogP contribution in [0, 0.1) is 10.1 Å². The van der Waals surface area contributed by atoms with Gasteiger partial charge >= 0.3 is 0 Å². The van der Waals surface area contributed by atoms with E-state index in [4.69, 9.17) is 14.2 Å². The Labute approximate surface area is 168 Å². The molecule has 3 rings (SSSR count). The smallest absolute Gasteiger partial charge is 0.286 e. The highest BCUT2D eigenvalue weighted by molar-refractivity contribution is 5.99. The zero-order chi connectivity index (χ0) is 20.8. The van der Waals surface area contributed by atoms with E-state index in [9.17, 15) is 14.9 Å². The molecule has 0 atom stereocenters. The fourth-order valence-electron chi connectivity index (χ4n) is 3.38. The maximum atomic E-state index is 12.5. The van der Waals surface area contributed by atoms with Crippen molar-refractivity contribution in [2.45, 2.75) is 26.2 Å². The minimum absolute atomic E-state index is 0.0900. The predicted octanol–water partition coefficient (Wildman–Crippen LogP) is 3.30. The summed E-state index contributed by atoms with van der Waals surface area (Å²) in [4.78, 5) is 23.3. The number of hydrogen-bond donors (Lipinski definition) is 1. The largest absolute Gasteiger partial charge is 0.493 e. The maximum absolute atomic E-state index is 12.5. The molecule has 2 aromatic rings. The van der Waals surface area contributed by atoms with Gasteiger partial charge in [0.1, 0.15) is 17.9 Å². The van der Waals surface area contributed by atoms with E-state index >= 15 is 0 Å². The van der Waals surface area contributed by atoms with E-state index in [1.807, 2.05) is 12.1 Å². The van der Waals surface area contributed by atoms with Crippen molar-refractivity contribution < 1.29 is 23.9 Å². The number of benzene rings is 2. The highest BCUT2D eigenvalue weighted by Crippen LogP contribution is 2.34. The molecule has 0 unspecified atom stereocenters. The molecule has 0 radical (unpaired) electrons. The van der Waals surface area contributed by atoms with Gasteiger partial charge in [0.2, 0.25) is 0 Å². The number of aryl methyl sites for hydroxylation is 2. The van der Waals surface area contributed by atoms with Gasteiger partial charge in [-0.2, -0.15) is 0 Å². The van der Waals surface area contributed by atoms with Gasteiger partial charge in [-0.05, 0) is 49.4 Å². The van der Waals surface area contributed by atoms with Crippen molar-refractivity contribution in [1.82, 2.24) is 5.32 Å². The fourth-order valence-corrected chi connectivity index (χ4v) is 3.38. The molecule has 1 N–H and O–H groups in total. The molecule has 0 fully saturated rings. The molecule has 0 aliphatic heterocycles. The Bertz CT molecular complexity index is 912. The molecule has 1 aliphatic carbocycles. The van der Waals surface area contributed by atoms with Crippen molar-refractivity contribution in [2.24, 2.45) is 0 Å². The summed E-state index contributed by atoms with van der Waals surface area (Å²) in [6.45, 7) is 2.54. The van der Waals surface area contributed by atoms with E-state index in [1.54, 1.807) is 6.92 Å². The Kier molecular flexibility index (Phi) is 6.54. The normalized spacial score (nSPS) is 12.2. The molecule has 1 aliphatic rings. The van der Waals surface area contributed by atoms with Crippen LogP contribution >= 0.6 is 0 Å². The SMILES string of the molecule is CCOc1cc([N+](=O)[O-])c(C(=O)NCCOc2ccc3c(c2)CCC3)cc1OC. The van der Waals surface area contributed by atoms with E-state index in [-0.39, 0.29) is 35.9 Å². The van der Waals surface area contributed by atoms with Gasteiger partial charge in [-0.3, -0.25) is 14.9 Å². The quantitative estimate of drug-likeness (QED) is 0.394. The lowest BCUT2D eigenvalue weighted by Gasteiger charge is -2.12. The number of rotatable bonds is 9. The van der Waals surface area contributed by atoms with Crippen molar-refractivity contribution in [3.63, 3.8) is 0 Å². The summed E-state index contributed by atoms with van der Waals surface area (Å²) in [5.41, 5.74) is 2.24. The number of nitro benzene ring substituents is 1. The Morgan fingerprint density at radius 2 is 1.93 bits per heavy atom. The summed E-state index contributed by atoms with van der Waals surface area (Å²) in [5, 5.41) is 14.0. The van der Waals surface area contributed by atoms with Crippen LogP contribution in [-0.4, -0.2) is 37.7 Å². The first-order valence-corrected chi connectivity index (χ1v) is 9.55. The van der Waals surface area contributed by atoms with Crippen LogP contribution in [0.4, 0.5) is 5.69 Å². The number of amides is 1. The second-order valence-corrected chi connectivity index (χ2v) is 6.60. The van der Waals surface area contributed by atoms with Crippen LogP contribution < -0.4 is 19.5 Å². The number of carbonyl (C=O) groups is 1. The lowest BCUT2D eigenvalue weighted by molar-refractivity contribution is -0.385. The first-order chi connectivity index (χ1) is 14.0. The van der Waals surface area contributed by atoms with Crippen LogP contribution in [0.3, 0.4) is 0 Å². The third kappa shape index (κ3) is 4.77. The second kappa shape index (κ2) is 9.27.